The topological polar surface area (TPSA) is 81.9 Å². The largest absolute Gasteiger partial charge is 0.467 e. The highest BCUT2D eigenvalue weighted by atomic mass is 16.3. The second kappa shape index (κ2) is 8.73. The number of nitrogens with zero attached hydrogens (tertiary/aromatic N) is 2. The Hall–Kier alpha value is -2.02. The fourth-order valence-electron chi connectivity index (χ4n) is 2.81. The van der Waals surface area contributed by atoms with Crippen LogP contribution in [0.25, 0.3) is 0 Å². The van der Waals surface area contributed by atoms with Crippen LogP contribution < -0.4 is 16.0 Å². The Morgan fingerprint density at radius 3 is 2.79 bits per heavy atom. The summed E-state index contributed by atoms with van der Waals surface area (Å²) < 4.78 is 5.18. The van der Waals surface area contributed by atoms with Crippen molar-refractivity contribution < 1.29 is 9.21 Å². The summed E-state index contributed by atoms with van der Waals surface area (Å²) in [6.07, 6.45) is 1.59. The minimum Gasteiger partial charge on any atom is -0.467 e. The van der Waals surface area contributed by atoms with Crippen molar-refractivity contribution in [3.05, 3.63) is 24.2 Å². The molecule has 2 rings (SSSR count). The maximum atomic E-state index is 11.9. The van der Waals surface area contributed by atoms with Crippen LogP contribution in [0.4, 0.5) is 0 Å². The van der Waals surface area contributed by atoms with Gasteiger partial charge < -0.3 is 20.4 Å². The molecule has 1 amide bonds. The van der Waals surface area contributed by atoms with Gasteiger partial charge in [-0.15, -0.1) is 0 Å². The predicted octanol–water partition coefficient (Wildman–Crippen LogP) is 0.790. The molecule has 3 N–H and O–H groups in total. The SMILES string of the molecule is CN=C(NCC(=O)NCc1ccco1)NC1CN(C(C)C)CC1C. The third-order valence-corrected chi connectivity index (χ3v) is 4.37. The van der Waals surface area contributed by atoms with E-state index >= 15 is 0 Å². The highest BCUT2D eigenvalue weighted by Gasteiger charge is 2.31. The summed E-state index contributed by atoms with van der Waals surface area (Å²) in [7, 11) is 1.72. The lowest BCUT2D eigenvalue weighted by atomic mass is 10.1. The number of aliphatic imine (C=N–C) groups is 1. The normalized spacial score (nSPS) is 22.0. The Balaban J connectivity index is 1.73. The van der Waals surface area contributed by atoms with Crippen molar-refractivity contribution in [2.24, 2.45) is 10.9 Å². The summed E-state index contributed by atoms with van der Waals surface area (Å²) in [6.45, 7) is 9.30. The van der Waals surface area contributed by atoms with Crippen LogP contribution in [-0.4, -0.2) is 55.5 Å². The van der Waals surface area contributed by atoms with Crippen LogP contribution in [0.15, 0.2) is 27.8 Å². The van der Waals surface area contributed by atoms with Gasteiger partial charge in [-0.2, -0.15) is 0 Å². The van der Waals surface area contributed by atoms with Crippen molar-refractivity contribution in [3.63, 3.8) is 0 Å². The number of rotatable bonds is 6. The van der Waals surface area contributed by atoms with Gasteiger partial charge in [0, 0.05) is 32.2 Å². The van der Waals surface area contributed by atoms with Gasteiger partial charge in [-0.1, -0.05) is 6.92 Å². The number of furan rings is 1. The van der Waals surface area contributed by atoms with Crippen LogP contribution in [0.5, 0.6) is 0 Å². The number of hydrogen-bond donors (Lipinski definition) is 3. The predicted molar refractivity (Wildman–Crippen MR) is 94.7 cm³/mol. The molecular formula is C17H29N5O2. The zero-order valence-electron chi connectivity index (χ0n) is 15.0. The quantitative estimate of drug-likeness (QED) is 0.529. The molecule has 1 saturated heterocycles. The van der Waals surface area contributed by atoms with Gasteiger partial charge in [0.15, 0.2) is 5.96 Å². The third kappa shape index (κ3) is 5.26. The molecule has 0 aromatic carbocycles. The van der Waals surface area contributed by atoms with Gasteiger partial charge in [-0.3, -0.25) is 14.7 Å². The monoisotopic (exact) mass is 335 g/mol. The van der Waals surface area contributed by atoms with Gasteiger partial charge in [-0.05, 0) is 31.9 Å². The summed E-state index contributed by atoms with van der Waals surface area (Å²) in [4.78, 5) is 18.6. The third-order valence-electron chi connectivity index (χ3n) is 4.37. The van der Waals surface area contributed by atoms with E-state index in [2.05, 4.69) is 46.6 Å². The lowest BCUT2D eigenvalue weighted by Crippen LogP contribution is -2.49. The number of guanidine groups is 1. The van der Waals surface area contributed by atoms with Crippen molar-refractivity contribution in [2.45, 2.75) is 39.4 Å². The van der Waals surface area contributed by atoms with Crippen molar-refractivity contribution in [3.8, 4) is 0 Å². The van der Waals surface area contributed by atoms with Gasteiger partial charge in [0.2, 0.25) is 5.91 Å². The first kappa shape index (κ1) is 18.3. The molecule has 1 aliphatic rings. The second-order valence-electron chi connectivity index (χ2n) is 6.56. The molecule has 1 aromatic rings. The van der Waals surface area contributed by atoms with E-state index in [-0.39, 0.29) is 12.5 Å². The first-order valence-electron chi connectivity index (χ1n) is 8.50. The fourth-order valence-corrected chi connectivity index (χ4v) is 2.81. The van der Waals surface area contributed by atoms with Gasteiger partial charge in [0.1, 0.15) is 5.76 Å². The summed E-state index contributed by atoms with van der Waals surface area (Å²) in [5, 5.41) is 9.30. The number of hydrogen-bond acceptors (Lipinski definition) is 4. The molecule has 2 atom stereocenters. The maximum absolute atomic E-state index is 11.9. The molecule has 1 aliphatic heterocycles. The zero-order chi connectivity index (χ0) is 17.5. The molecule has 0 spiro atoms. The number of carbonyl (C=O) groups is 1. The molecule has 2 unspecified atom stereocenters. The van der Waals surface area contributed by atoms with Gasteiger partial charge in [0.25, 0.3) is 0 Å². The van der Waals surface area contributed by atoms with E-state index in [0.29, 0.717) is 30.5 Å². The second-order valence-corrected chi connectivity index (χ2v) is 6.56. The Kier molecular flexibility index (Phi) is 6.66. The molecule has 1 fully saturated rings. The van der Waals surface area contributed by atoms with E-state index in [1.54, 1.807) is 19.4 Å². The molecule has 0 saturated carbocycles. The summed E-state index contributed by atoms with van der Waals surface area (Å²) in [6, 6.07) is 4.51. The van der Waals surface area contributed by atoms with Crippen molar-refractivity contribution in [1.82, 2.24) is 20.9 Å². The standard InChI is InChI=1S/C17H29N5O2/c1-12(2)22-10-13(3)15(11-22)21-17(18-4)20-9-16(23)19-8-14-6-5-7-24-14/h5-7,12-13,15H,8-11H2,1-4H3,(H,19,23)(H2,18,20,21). The van der Waals surface area contributed by atoms with E-state index in [4.69, 9.17) is 4.42 Å². The van der Waals surface area contributed by atoms with Gasteiger partial charge >= 0.3 is 0 Å². The highest BCUT2D eigenvalue weighted by molar-refractivity contribution is 5.86. The lowest BCUT2D eigenvalue weighted by molar-refractivity contribution is -0.120. The molecule has 2 heterocycles. The van der Waals surface area contributed by atoms with Crippen molar-refractivity contribution in [1.29, 1.82) is 0 Å². The molecule has 7 heteroatoms. The Morgan fingerprint density at radius 2 is 2.21 bits per heavy atom. The number of likely N-dealkylation sites (tertiary alicyclic amines) is 1. The molecule has 134 valence electrons. The lowest BCUT2D eigenvalue weighted by Gasteiger charge is -2.21. The van der Waals surface area contributed by atoms with Crippen molar-refractivity contribution >= 4 is 11.9 Å². The Morgan fingerprint density at radius 1 is 1.42 bits per heavy atom. The van der Waals surface area contributed by atoms with Crippen LogP contribution in [0.2, 0.25) is 0 Å². The van der Waals surface area contributed by atoms with Crippen LogP contribution >= 0.6 is 0 Å². The van der Waals surface area contributed by atoms with Gasteiger partial charge in [0.05, 0.1) is 19.4 Å². The summed E-state index contributed by atoms with van der Waals surface area (Å²) in [5.41, 5.74) is 0. The first-order valence-corrected chi connectivity index (χ1v) is 8.50. The number of nitrogens with one attached hydrogen (secondary N) is 3. The molecule has 0 aliphatic carbocycles. The zero-order valence-corrected chi connectivity index (χ0v) is 15.0. The number of amides is 1. The molecule has 0 radical (unpaired) electrons. The average molecular weight is 335 g/mol. The van der Waals surface area contributed by atoms with Gasteiger partial charge in [-0.25, -0.2) is 0 Å². The molecule has 24 heavy (non-hydrogen) atoms. The van der Waals surface area contributed by atoms with E-state index in [1.165, 1.54) is 0 Å². The van der Waals surface area contributed by atoms with E-state index in [0.717, 1.165) is 18.8 Å². The van der Waals surface area contributed by atoms with Crippen LogP contribution in [-0.2, 0) is 11.3 Å². The average Bonchev–Trinajstić information content (AvgIpc) is 3.19. The Labute approximate surface area is 143 Å². The van der Waals surface area contributed by atoms with Crippen LogP contribution in [0.3, 0.4) is 0 Å². The van der Waals surface area contributed by atoms with E-state index in [9.17, 15) is 4.79 Å². The maximum Gasteiger partial charge on any atom is 0.239 e. The minimum absolute atomic E-state index is 0.0994. The number of carbonyl (C=O) groups excluding carboxylic acids is 1. The summed E-state index contributed by atoms with van der Waals surface area (Å²) >= 11 is 0. The molecular weight excluding hydrogens is 306 g/mol. The highest BCUT2D eigenvalue weighted by Crippen LogP contribution is 2.18. The van der Waals surface area contributed by atoms with Crippen LogP contribution in [0, 0.1) is 5.92 Å². The molecule has 1 aromatic heterocycles. The smallest absolute Gasteiger partial charge is 0.239 e. The fraction of sp³-hybridized carbons (Fsp3) is 0.647. The van der Waals surface area contributed by atoms with E-state index < -0.39 is 0 Å². The Bertz CT molecular complexity index is 541. The first-order chi connectivity index (χ1) is 11.5. The summed E-state index contributed by atoms with van der Waals surface area (Å²) in [5.74, 6) is 1.83. The van der Waals surface area contributed by atoms with Crippen molar-refractivity contribution in [2.75, 3.05) is 26.7 Å². The van der Waals surface area contributed by atoms with Crippen LogP contribution in [0.1, 0.15) is 26.5 Å². The molecule has 0 bridgehead atoms. The molecule has 7 nitrogen and oxygen atoms in total. The minimum atomic E-state index is -0.0994. The van der Waals surface area contributed by atoms with E-state index in [1.807, 2.05) is 6.07 Å².